The minimum absolute atomic E-state index is 0.0856. The number of hydrogen-bond acceptors (Lipinski definition) is 4. The summed E-state index contributed by atoms with van der Waals surface area (Å²) in [7, 11) is 1.92. The minimum Gasteiger partial charge on any atom is -0.271 e. The van der Waals surface area contributed by atoms with Crippen molar-refractivity contribution in [3.05, 3.63) is 38.8 Å². The number of hydrogen-bond donors (Lipinski definition) is 2. The Kier molecular flexibility index (Phi) is 3.75. The molecule has 0 saturated carbocycles. The minimum atomic E-state index is 0.0856. The van der Waals surface area contributed by atoms with E-state index in [9.17, 15) is 0 Å². The Morgan fingerprint density at radius 1 is 1.62 bits per heavy atom. The number of nitrogens with two attached hydrogens (primary N) is 1. The molecule has 1 unspecified atom stereocenters. The van der Waals surface area contributed by atoms with E-state index in [4.69, 9.17) is 5.84 Å². The first kappa shape index (κ1) is 11.8. The maximum atomic E-state index is 5.60. The Morgan fingerprint density at radius 2 is 2.44 bits per heavy atom. The van der Waals surface area contributed by atoms with Crippen molar-refractivity contribution in [2.75, 3.05) is 0 Å². The summed E-state index contributed by atoms with van der Waals surface area (Å²) in [5.41, 5.74) is 3.92. The molecular formula is C10H13BrN4S. The van der Waals surface area contributed by atoms with Gasteiger partial charge in [0.2, 0.25) is 0 Å². The van der Waals surface area contributed by atoms with Crippen molar-refractivity contribution in [2.45, 2.75) is 12.5 Å². The molecule has 86 valence electrons. The van der Waals surface area contributed by atoms with E-state index in [-0.39, 0.29) is 6.04 Å². The first-order valence-corrected chi connectivity index (χ1v) is 6.55. The zero-order valence-electron chi connectivity index (χ0n) is 8.85. The van der Waals surface area contributed by atoms with Gasteiger partial charge < -0.3 is 0 Å². The van der Waals surface area contributed by atoms with Crippen molar-refractivity contribution in [1.29, 1.82) is 0 Å². The van der Waals surface area contributed by atoms with Crippen LogP contribution in [0.15, 0.2) is 28.2 Å². The van der Waals surface area contributed by atoms with Gasteiger partial charge in [-0.05, 0) is 33.4 Å². The molecule has 0 fully saturated rings. The molecule has 3 N–H and O–H groups in total. The molecule has 0 saturated heterocycles. The molecule has 2 aromatic rings. The Morgan fingerprint density at radius 3 is 2.94 bits per heavy atom. The van der Waals surface area contributed by atoms with Gasteiger partial charge in [0, 0.05) is 29.0 Å². The number of thiophene rings is 1. The molecule has 0 bridgehead atoms. The fourth-order valence-electron chi connectivity index (χ4n) is 1.63. The number of rotatable bonds is 4. The molecule has 6 heteroatoms. The van der Waals surface area contributed by atoms with Gasteiger partial charge in [-0.25, -0.2) is 0 Å². The van der Waals surface area contributed by atoms with Crippen molar-refractivity contribution >= 4 is 27.3 Å². The summed E-state index contributed by atoms with van der Waals surface area (Å²) < 4.78 is 2.98. The molecule has 16 heavy (non-hydrogen) atoms. The number of nitrogens with zero attached hydrogens (tertiary/aromatic N) is 2. The van der Waals surface area contributed by atoms with Crippen LogP contribution in [0.5, 0.6) is 0 Å². The second kappa shape index (κ2) is 5.09. The smallest absolute Gasteiger partial charge is 0.0677 e. The standard InChI is InChI=1S/C10H13BrN4S/c1-15-9(2-4-13-15)8(14-12)6-10-7(11)3-5-16-10/h2-5,8,14H,6,12H2,1H3. The SMILES string of the molecule is Cn1nccc1C(Cc1sccc1Br)NN. The van der Waals surface area contributed by atoms with Crippen LogP contribution in [0.3, 0.4) is 0 Å². The highest BCUT2D eigenvalue weighted by atomic mass is 79.9. The molecule has 2 rings (SSSR count). The van der Waals surface area contributed by atoms with Gasteiger partial charge in [0.25, 0.3) is 0 Å². The summed E-state index contributed by atoms with van der Waals surface area (Å²) in [6.07, 6.45) is 2.64. The van der Waals surface area contributed by atoms with Gasteiger partial charge in [0.05, 0.1) is 11.7 Å². The van der Waals surface area contributed by atoms with Crippen molar-refractivity contribution in [1.82, 2.24) is 15.2 Å². The summed E-state index contributed by atoms with van der Waals surface area (Å²) >= 11 is 5.25. The molecule has 2 heterocycles. The van der Waals surface area contributed by atoms with E-state index in [0.717, 1.165) is 16.6 Å². The largest absolute Gasteiger partial charge is 0.271 e. The molecule has 0 amide bonds. The first-order valence-electron chi connectivity index (χ1n) is 4.88. The third kappa shape index (κ3) is 2.35. The lowest BCUT2D eigenvalue weighted by Gasteiger charge is -2.15. The lowest BCUT2D eigenvalue weighted by Crippen LogP contribution is -2.31. The maximum absolute atomic E-state index is 5.60. The van der Waals surface area contributed by atoms with Crippen LogP contribution in [0.1, 0.15) is 16.6 Å². The van der Waals surface area contributed by atoms with Crippen LogP contribution in [0.25, 0.3) is 0 Å². The van der Waals surface area contributed by atoms with Gasteiger partial charge in [-0.15, -0.1) is 11.3 Å². The lowest BCUT2D eigenvalue weighted by atomic mass is 10.1. The van der Waals surface area contributed by atoms with Crippen molar-refractivity contribution in [2.24, 2.45) is 12.9 Å². The summed E-state index contributed by atoms with van der Waals surface area (Å²) in [5.74, 6) is 5.60. The third-order valence-electron chi connectivity index (χ3n) is 2.50. The third-order valence-corrected chi connectivity index (χ3v) is 4.45. The van der Waals surface area contributed by atoms with Gasteiger partial charge in [0.15, 0.2) is 0 Å². The molecule has 0 aliphatic rings. The number of halogens is 1. The van der Waals surface area contributed by atoms with Crippen LogP contribution < -0.4 is 11.3 Å². The Bertz CT molecular complexity index is 465. The Balaban J connectivity index is 2.19. The predicted octanol–water partition coefficient (Wildman–Crippen LogP) is 1.99. The highest BCUT2D eigenvalue weighted by Gasteiger charge is 2.15. The molecule has 0 radical (unpaired) electrons. The van der Waals surface area contributed by atoms with Gasteiger partial charge >= 0.3 is 0 Å². The predicted molar refractivity (Wildman–Crippen MR) is 69.0 cm³/mol. The highest BCUT2D eigenvalue weighted by Crippen LogP contribution is 2.27. The number of aromatic nitrogens is 2. The molecule has 0 aromatic carbocycles. The van der Waals surface area contributed by atoms with Gasteiger partial charge in [-0.2, -0.15) is 5.10 Å². The van der Waals surface area contributed by atoms with E-state index >= 15 is 0 Å². The average Bonchev–Trinajstić information content (AvgIpc) is 2.85. The van der Waals surface area contributed by atoms with Crippen LogP contribution in [-0.4, -0.2) is 9.78 Å². The number of nitrogens with one attached hydrogen (secondary N) is 1. The zero-order valence-corrected chi connectivity index (χ0v) is 11.3. The Labute approximate surface area is 107 Å². The van der Waals surface area contributed by atoms with Crippen molar-refractivity contribution in [3.63, 3.8) is 0 Å². The molecule has 2 aromatic heterocycles. The fourth-order valence-corrected chi connectivity index (χ4v) is 3.19. The maximum Gasteiger partial charge on any atom is 0.0677 e. The normalized spacial score (nSPS) is 12.9. The van der Waals surface area contributed by atoms with E-state index in [1.54, 1.807) is 17.5 Å². The van der Waals surface area contributed by atoms with Crippen LogP contribution in [0.4, 0.5) is 0 Å². The van der Waals surface area contributed by atoms with Gasteiger partial charge in [-0.1, -0.05) is 0 Å². The Hall–Kier alpha value is -0.690. The topological polar surface area (TPSA) is 55.9 Å². The van der Waals surface area contributed by atoms with E-state index in [2.05, 4.69) is 37.9 Å². The summed E-state index contributed by atoms with van der Waals surface area (Å²) in [6.45, 7) is 0. The molecule has 1 atom stereocenters. The van der Waals surface area contributed by atoms with Gasteiger partial charge in [0.1, 0.15) is 0 Å². The highest BCUT2D eigenvalue weighted by molar-refractivity contribution is 9.10. The second-order valence-electron chi connectivity index (χ2n) is 3.49. The molecule has 4 nitrogen and oxygen atoms in total. The summed E-state index contributed by atoms with van der Waals surface area (Å²) in [4.78, 5) is 1.28. The van der Waals surface area contributed by atoms with E-state index in [0.29, 0.717) is 0 Å². The van der Waals surface area contributed by atoms with E-state index < -0.39 is 0 Å². The van der Waals surface area contributed by atoms with Crippen molar-refractivity contribution in [3.8, 4) is 0 Å². The van der Waals surface area contributed by atoms with Gasteiger partial charge in [-0.3, -0.25) is 16.0 Å². The lowest BCUT2D eigenvalue weighted by molar-refractivity contribution is 0.511. The second-order valence-corrected chi connectivity index (χ2v) is 5.35. The van der Waals surface area contributed by atoms with E-state index in [1.165, 1.54) is 4.88 Å². The van der Waals surface area contributed by atoms with Crippen LogP contribution in [-0.2, 0) is 13.5 Å². The fraction of sp³-hybridized carbons (Fsp3) is 0.300. The van der Waals surface area contributed by atoms with Crippen LogP contribution in [0, 0.1) is 0 Å². The first-order chi connectivity index (χ1) is 7.72. The monoisotopic (exact) mass is 300 g/mol. The number of aryl methyl sites for hydroxylation is 1. The quantitative estimate of drug-likeness (QED) is 0.671. The summed E-state index contributed by atoms with van der Waals surface area (Å²) in [6, 6.07) is 4.12. The van der Waals surface area contributed by atoms with Crippen molar-refractivity contribution < 1.29 is 0 Å². The van der Waals surface area contributed by atoms with Crippen LogP contribution in [0.2, 0.25) is 0 Å². The molecular weight excluding hydrogens is 288 g/mol. The zero-order chi connectivity index (χ0) is 11.5. The molecule has 0 spiro atoms. The average molecular weight is 301 g/mol. The summed E-state index contributed by atoms with van der Waals surface area (Å²) in [5, 5.41) is 6.22. The molecule has 0 aliphatic heterocycles. The van der Waals surface area contributed by atoms with Crippen LogP contribution >= 0.6 is 27.3 Å². The van der Waals surface area contributed by atoms with E-state index in [1.807, 2.05) is 17.8 Å². The number of hydrazine groups is 1. The molecule has 0 aliphatic carbocycles.